The molecule has 1 unspecified atom stereocenters. The Morgan fingerprint density at radius 3 is 2.64 bits per heavy atom. The van der Waals surface area contributed by atoms with Crippen LogP contribution in [0.1, 0.15) is 50.7 Å². The highest BCUT2D eigenvalue weighted by molar-refractivity contribution is 7.14. The average molecular weight is 358 g/mol. The number of thiophene rings is 1. The van der Waals surface area contributed by atoms with Gasteiger partial charge in [0.15, 0.2) is 0 Å². The summed E-state index contributed by atoms with van der Waals surface area (Å²) in [6, 6.07) is 8.74. The number of amides is 2. The van der Waals surface area contributed by atoms with E-state index in [1.54, 1.807) is 24.3 Å². The van der Waals surface area contributed by atoms with Crippen LogP contribution in [0.3, 0.4) is 0 Å². The lowest BCUT2D eigenvalue weighted by Gasteiger charge is -2.16. The second-order valence-electron chi connectivity index (χ2n) is 6.27. The van der Waals surface area contributed by atoms with Gasteiger partial charge in [-0.25, -0.2) is 0 Å². The van der Waals surface area contributed by atoms with E-state index in [0.29, 0.717) is 28.7 Å². The van der Waals surface area contributed by atoms with Gasteiger partial charge in [0.05, 0.1) is 11.5 Å². The topological polar surface area (TPSA) is 67.4 Å². The smallest absolute Gasteiger partial charge is 0.279 e. The molecule has 1 aliphatic carbocycles. The molecule has 1 aromatic heterocycles. The monoisotopic (exact) mass is 358 g/mol. The van der Waals surface area contributed by atoms with Crippen LogP contribution in [-0.4, -0.2) is 18.4 Å². The van der Waals surface area contributed by atoms with Gasteiger partial charge in [-0.15, -0.1) is 11.3 Å². The number of ether oxygens (including phenoxy) is 1. The number of fused-ring (bicyclic) bond motifs is 1. The molecule has 0 saturated heterocycles. The van der Waals surface area contributed by atoms with E-state index in [-0.39, 0.29) is 11.8 Å². The lowest BCUT2D eigenvalue weighted by Crippen LogP contribution is -2.41. The summed E-state index contributed by atoms with van der Waals surface area (Å²) in [5.41, 5.74) is 6.69. The molecule has 2 N–H and O–H groups in total. The molecule has 0 bridgehead atoms. The minimum absolute atomic E-state index is 0.272. The minimum atomic E-state index is -0.355. The third kappa shape index (κ3) is 4.20. The first-order valence-corrected chi connectivity index (χ1v) is 9.33. The maximum atomic E-state index is 12.3. The summed E-state index contributed by atoms with van der Waals surface area (Å²) in [5.74, 6) is 0.747. The van der Waals surface area contributed by atoms with E-state index in [4.69, 9.17) is 4.74 Å². The zero-order valence-electron chi connectivity index (χ0n) is 14.4. The van der Waals surface area contributed by atoms with Gasteiger partial charge in [0, 0.05) is 10.4 Å². The van der Waals surface area contributed by atoms with E-state index in [0.717, 1.165) is 12.8 Å². The summed E-state index contributed by atoms with van der Waals surface area (Å²) in [5, 5.41) is 0. The molecule has 0 radical (unpaired) electrons. The van der Waals surface area contributed by atoms with Crippen molar-refractivity contribution < 1.29 is 14.3 Å². The molecule has 1 aliphatic rings. The highest BCUT2D eigenvalue weighted by atomic mass is 32.1. The Labute approximate surface area is 151 Å². The number of aryl methyl sites for hydroxylation is 1. The summed E-state index contributed by atoms with van der Waals surface area (Å²) < 4.78 is 5.34. The van der Waals surface area contributed by atoms with Gasteiger partial charge in [0.25, 0.3) is 11.8 Å². The highest BCUT2D eigenvalue weighted by Crippen LogP contribution is 2.32. The van der Waals surface area contributed by atoms with Gasteiger partial charge in [-0.1, -0.05) is 6.92 Å². The maximum Gasteiger partial charge on any atom is 0.279 e. The van der Waals surface area contributed by atoms with E-state index < -0.39 is 0 Å². The molecule has 132 valence electrons. The van der Waals surface area contributed by atoms with Gasteiger partial charge in [-0.2, -0.15) is 0 Å². The van der Waals surface area contributed by atoms with Crippen LogP contribution in [-0.2, 0) is 12.8 Å². The first-order valence-electron chi connectivity index (χ1n) is 8.52. The second kappa shape index (κ2) is 7.70. The molecule has 0 fully saturated rings. The molecule has 2 aromatic rings. The van der Waals surface area contributed by atoms with Crippen LogP contribution in [0, 0.1) is 5.92 Å². The summed E-state index contributed by atoms with van der Waals surface area (Å²) in [7, 11) is 0. The van der Waals surface area contributed by atoms with Gasteiger partial charge < -0.3 is 4.74 Å². The van der Waals surface area contributed by atoms with Crippen molar-refractivity contribution >= 4 is 23.2 Å². The fourth-order valence-corrected chi connectivity index (χ4v) is 4.04. The van der Waals surface area contributed by atoms with Gasteiger partial charge in [0.2, 0.25) is 0 Å². The fourth-order valence-electron chi connectivity index (χ4n) is 2.93. The molecule has 1 heterocycles. The zero-order chi connectivity index (χ0) is 17.8. The predicted molar refractivity (Wildman–Crippen MR) is 98.1 cm³/mol. The standard InChI is InChI=1S/C19H22N2O3S/c1-3-24-15-7-5-13(6-8-15)18(22)20-21-19(23)17-11-14-10-12(2)4-9-16(14)25-17/h5-8,11-12H,3-4,9-10H2,1-2H3,(H,20,22)(H,21,23). The molecule has 0 saturated carbocycles. The molecule has 5 nitrogen and oxygen atoms in total. The number of rotatable bonds is 4. The number of benzene rings is 1. The van der Waals surface area contributed by atoms with Crippen molar-refractivity contribution in [2.45, 2.75) is 33.1 Å². The minimum Gasteiger partial charge on any atom is -0.494 e. The average Bonchev–Trinajstić information content (AvgIpc) is 3.03. The zero-order valence-corrected chi connectivity index (χ0v) is 15.2. The molecule has 0 aliphatic heterocycles. The summed E-state index contributed by atoms with van der Waals surface area (Å²) in [6.07, 6.45) is 3.23. The van der Waals surface area contributed by atoms with Gasteiger partial charge in [-0.3, -0.25) is 20.4 Å². The van der Waals surface area contributed by atoms with Crippen LogP contribution in [0.4, 0.5) is 0 Å². The third-order valence-electron chi connectivity index (χ3n) is 4.27. The van der Waals surface area contributed by atoms with Crippen molar-refractivity contribution in [2.24, 2.45) is 5.92 Å². The van der Waals surface area contributed by atoms with Crippen molar-refractivity contribution in [3.8, 4) is 5.75 Å². The maximum absolute atomic E-state index is 12.3. The van der Waals surface area contributed by atoms with Crippen LogP contribution in [0.5, 0.6) is 5.75 Å². The van der Waals surface area contributed by atoms with E-state index >= 15 is 0 Å². The summed E-state index contributed by atoms with van der Waals surface area (Å²) in [6.45, 7) is 4.71. The van der Waals surface area contributed by atoms with Crippen LogP contribution in [0.25, 0.3) is 0 Å². The van der Waals surface area contributed by atoms with E-state index in [1.807, 2.05) is 13.0 Å². The lowest BCUT2D eigenvalue weighted by atomic mass is 9.90. The summed E-state index contributed by atoms with van der Waals surface area (Å²) in [4.78, 5) is 26.3. The van der Waals surface area contributed by atoms with Crippen LogP contribution >= 0.6 is 11.3 Å². The van der Waals surface area contributed by atoms with Crippen molar-refractivity contribution in [1.82, 2.24) is 10.9 Å². The first-order chi connectivity index (χ1) is 12.1. The van der Waals surface area contributed by atoms with Crippen LogP contribution in [0.2, 0.25) is 0 Å². The van der Waals surface area contributed by atoms with Crippen molar-refractivity contribution in [1.29, 1.82) is 0 Å². The van der Waals surface area contributed by atoms with Crippen molar-refractivity contribution in [3.63, 3.8) is 0 Å². The first kappa shape index (κ1) is 17.5. The fraction of sp³-hybridized carbons (Fsp3) is 0.368. The van der Waals surface area contributed by atoms with Gasteiger partial charge in [0.1, 0.15) is 5.75 Å². The van der Waals surface area contributed by atoms with E-state index in [1.165, 1.54) is 28.2 Å². The van der Waals surface area contributed by atoms with Gasteiger partial charge >= 0.3 is 0 Å². The molecule has 3 rings (SSSR count). The molecule has 1 aromatic carbocycles. The number of nitrogens with one attached hydrogen (secondary N) is 2. The van der Waals surface area contributed by atoms with Crippen molar-refractivity contribution in [3.05, 3.63) is 51.2 Å². The van der Waals surface area contributed by atoms with E-state index in [2.05, 4.69) is 17.8 Å². The number of carbonyl (C=O) groups excluding carboxylic acids is 2. The quantitative estimate of drug-likeness (QED) is 0.824. The second-order valence-corrected chi connectivity index (χ2v) is 7.41. The highest BCUT2D eigenvalue weighted by Gasteiger charge is 2.21. The Hall–Kier alpha value is -2.34. The molecule has 6 heteroatoms. The van der Waals surface area contributed by atoms with Gasteiger partial charge in [-0.05, 0) is 68.0 Å². The number of carbonyl (C=O) groups is 2. The number of hydrogen-bond acceptors (Lipinski definition) is 4. The largest absolute Gasteiger partial charge is 0.494 e. The number of hydrazine groups is 1. The Balaban J connectivity index is 1.57. The third-order valence-corrected chi connectivity index (χ3v) is 5.51. The molecule has 0 spiro atoms. The lowest BCUT2D eigenvalue weighted by molar-refractivity contribution is 0.0849. The molecule has 25 heavy (non-hydrogen) atoms. The Morgan fingerprint density at radius 1 is 1.20 bits per heavy atom. The Kier molecular flexibility index (Phi) is 5.38. The summed E-state index contributed by atoms with van der Waals surface area (Å²) >= 11 is 1.52. The molecular weight excluding hydrogens is 336 g/mol. The Bertz CT molecular complexity index is 767. The number of hydrogen-bond donors (Lipinski definition) is 2. The predicted octanol–water partition coefficient (Wildman–Crippen LogP) is 3.35. The molecule has 2 amide bonds. The molecular formula is C19H22N2O3S. The Morgan fingerprint density at radius 2 is 1.92 bits per heavy atom. The normalized spacial score (nSPS) is 16.0. The van der Waals surface area contributed by atoms with Crippen LogP contribution < -0.4 is 15.6 Å². The van der Waals surface area contributed by atoms with Crippen molar-refractivity contribution in [2.75, 3.05) is 6.61 Å². The van der Waals surface area contributed by atoms with Crippen LogP contribution in [0.15, 0.2) is 30.3 Å². The van der Waals surface area contributed by atoms with E-state index in [9.17, 15) is 9.59 Å². The SMILES string of the molecule is CCOc1ccc(C(=O)NNC(=O)c2cc3c(s2)CCC(C)C3)cc1. The molecule has 1 atom stereocenters.